The van der Waals surface area contributed by atoms with Crippen LogP contribution in [0.2, 0.25) is 0 Å². The van der Waals surface area contributed by atoms with Crippen LogP contribution in [0.15, 0.2) is 0 Å². The molecule has 0 saturated carbocycles. The van der Waals surface area contributed by atoms with E-state index in [1.165, 1.54) is 13.8 Å². The van der Waals surface area contributed by atoms with Crippen LogP contribution in [0, 0.1) is 0 Å². The van der Waals surface area contributed by atoms with E-state index in [4.69, 9.17) is 23.7 Å². The first-order chi connectivity index (χ1) is 17.5. The molecule has 14 heteroatoms. The Kier molecular flexibility index (Phi) is 12.4. The lowest BCUT2D eigenvalue weighted by atomic mass is 9.89. The molecular formula is C24H38N2O12. The van der Waals surface area contributed by atoms with E-state index in [0.29, 0.717) is 0 Å². The molecule has 0 aromatic rings. The predicted molar refractivity (Wildman–Crippen MR) is 129 cm³/mol. The molecule has 0 bridgehead atoms. The number of carboxylic acid groups (broad SMARTS) is 1. The van der Waals surface area contributed by atoms with E-state index >= 15 is 0 Å². The van der Waals surface area contributed by atoms with Gasteiger partial charge in [-0.2, -0.15) is 0 Å². The molecule has 1 fully saturated rings. The SMILES string of the molecule is CC(=O)N[C@H]1[C@@H](OC(C)=O)[C@H](OC(C)=O)[C@@H](COC(C)=O)O[C@H]1CCC[C@H](NC(=O)OC(C)(C)C)C(=O)O. The van der Waals surface area contributed by atoms with Crippen LogP contribution in [0.25, 0.3) is 0 Å². The van der Waals surface area contributed by atoms with Gasteiger partial charge in [0.2, 0.25) is 5.91 Å². The molecule has 0 radical (unpaired) electrons. The number of alkyl carbamates (subject to hydrolysis) is 1. The van der Waals surface area contributed by atoms with Gasteiger partial charge in [-0.1, -0.05) is 0 Å². The number of carboxylic acids is 1. The highest BCUT2D eigenvalue weighted by Crippen LogP contribution is 2.30. The van der Waals surface area contributed by atoms with Crippen molar-refractivity contribution < 1.29 is 57.6 Å². The van der Waals surface area contributed by atoms with E-state index in [1.54, 1.807) is 20.8 Å². The van der Waals surface area contributed by atoms with Crippen molar-refractivity contribution in [3.63, 3.8) is 0 Å². The van der Waals surface area contributed by atoms with Gasteiger partial charge in [0.15, 0.2) is 12.2 Å². The van der Waals surface area contributed by atoms with Crippen LogP contribution in [0.5, 0.6) is 0 Å². The molecule has 2 amide bonds. The van der Waals surface area contributed by atoms with Crippen molar-refractivity contribution in [1.29, 1.82) is 0 Å². The molecule has 0 spiro atoms. The second-order valence-corrected chi connectivity index (χ2v) is 9.86. The van der Waals surface area contributed by atoms with Crippen molar-refractivity contribution in [2.75, 3.05) is 6.61 Å². The number of carbonyl (C=O) groups is 6. The normalized spacial score (nSPS) is 23.8. The molecule has 0 aromatic carbocycles. The standard InChI is InChI=1S/C24H38N2O12/c1-12(27)25-19-17(10-8-9-16(22(31)32)26-23(33)38-24(5,6)7)37-18(11-34-13(2)28)20(35-14(3)29)21(19)36-15(4)30/h16-21H,8-11H2,1-7H3,(H,25,27)(H,26,33)(H,31,32)/t16-,17-,18+,19+,20+,21+/m0/s1. The third-order valence-electron chi connectivity index (χ3n) is 5.19. The van der Waals surface area contributed by atoms with Crippen molar-refractivity contribution in [2.24, 2.45) is 0 Å². The highest BCUT2D eigenvalue weighted by molar-refractivity contribution is 5.80. The third kappa shape index (κ3) is 11.8. The summed E-state index contributed by atoms with van der Waals surface area (Å²) in [6.07, 6.45) is -4.95. The summed E-state index contributed by atoms with van der Waals surface area (Å²) >= 11 is 0. The van der Waals surface area contributed by atoms with Crippen LogP contribution in [-0.4, -0.2) is 89.7 Å². The third-order valence-corrected chi connectivity index (χ3v) is 5.19. The summed E-state index contributed by atoms with van der Waals surface area (Å²) in [7, 11) is 0. The average Bonchev–Trinajstić information content (AvgIpc) is 2.73. The predicted octanol–water partition coefficient (Wildman–Crippen LogP) is 0.833. The Hall–Kier alpha value is -3.42. The number of rotatable bonds is 11. The van der Waals surface area contributed by atoms with Gasteiger partial charge in [0.1, 0.15) is 24.4 Å². The summed E-state index contributed by atoms with van der Waals surface area (Å²) in [5.41, 5.74) is -0.824. The molecule has 3 N–H and O–H groups in total. The first-order valence-electron chi connectivity index (χ1n) is 12.1. The number of carbonyl (C=O) groups excluding carboxylic acids is 5. The maximum Gasteiger partial charge on any atom is 0.408 e. The van der Waals surface area contributed by atoms with Gasteiger partial charge in [-0.3, -0.25) is 19.2 Å². The minimum Gasteiger partial charge on any atom is -0.480 e. The summed E-state index contributed by atoms with van der Waals surface area (Å²) < 4.78 is 27.0. The zero-order valence-electron chi connectivity index (χ0n) is 22.7. The lowest BCUT2D eigenvalue weighted by molar-refractivity contribution is -0.224. The minimum atomic E-state index is -1.28. The van der Waals surface area contributed by atoms with E-state index < -0.39 is 78.0 Å². The second-order valence-electron chi connectivity index (χ2n) is 9.86. The Morgan fingerprint density at radius 3 is 1.95 bits per heavy atom. The summed E-state index contributed by atoms with van der Waals surface area (Å²) in [5.74, 6) is -3.84. The second kappa shape index (κ2) is 14.5. The Balaban J connectivity index is 3.16. The van der Waals surface area contributed by atoms with Gasteiger partial charge in [0, 0.05) is 27.7 Å². The van der Waals surface area contributed by atoms with Crippen molar-refractivity contribution >= 4 is 35.9 Å². The number of aliphatic carboxylic acids is 1. The van der Waals surface area contributed by atoms with Gasteiger partial charge >= 0.3 is 30.0 Å². The molecule has 216 valence electrons. The molecule has 1 aliphatic rings. The number of nitrogens with one attached hydrogen (secondary N) is 2. The van der Waals surface area contributed by atoms with Crippen LogP contribution in [0.1, 0.15) is 67.7 Å². The van der Waals surface area contributed by atoms with Gasteiger partial charge in [0.25, 0.3) is 0 Å². The van der Waals surface area contributed by atoms with Crippen molar-refractivity contribution in [1.82, 2.24) is 10.6 Å². The Labute approximate surface area is 221 Å². The van der Waals surface area contributed by atoms with E-state index in [2.05, 4.69) is 10.6 Å². The van der Waals surface area contributed by atoms with E-state index in [1.807, 2.05) is 0 Å². The summed E-state index contributed by atoms with van der Waals surface area (Å²) in [6, 6.07) is -2.26. The molecule has 14 nitrogen and oxygen atoms in total. The first kappa shape index (κ1) is 32.6. The Morgan fingerprint density at radius 2 is 1.47 bits per heavy atom. The summed E-state index contributed by atoms with van der Waals surface area (Å²) in [6.45, 7) is 9.26. The van der Waals surface area contributed by atoms with Gasteiger partial charge in [-0.25, -0.2) is 9.59 Å². The zero-order valence-corrected chi connectivity index (χ0v) is 22.7. The number of amides is 2. The lowest BCUT2D eigenvalue weighted by Crippen LogP contribution is -2.66. The molecule has 6 atom stereocenters. The topological polar surface area (TPSA) is 193 Å². The van der Waals surface area contributed by atoms with Gasteiger partial charge in [-0.15, -0.1) is 0 Å². The largest absolute Gasteiger partial charge is 0.480 e. The quantitative estimate of drug-likeness (QED) is 0.244. The molecule has 1 aliphatic heterocycles. The van der Waals surface area contributed by atoms with Gasteiger partial charge in [0.05, 0.1) is 12.1 Å². The lowest BCUT2D eigenvalue weighted by Gasteiger charge is -2.45. The van der Waals surface area contributed by atoms with Crippen molar-refractivity contribution in [3.8, 4) is 0 Å². The van der Waals surface area contributed by atoms with E-state index in [0.717, 1.165) is 13.8 Å². The number of hydrogen-bond donors (Lipinski definition) is 3. The van der Waals surface area contributed by atoms with Crippen LogP contribution < -0.4 is 10.6 Å². The van der Waals surface area contributed by atoms with Gasteiger partial charge in [-0.05, 0) is 40.0 Å². The van der Waals surface area contributed by atoms with E-state index in [9.17, 15) is 33.9 Å². The van der Waals surface area contributed by atoms with Gasteiger partial charge < -0.3 is 39.4 Å². The molecule has 0 aliphatic carbocycles. The van der Waals surface area contributed by atoms with Crippen LogP contribution in [-0.2, 0) is 47.7 Å². The monoisotopic (exact) mass is 546 g/mol. The average molecular weight is 547 g/mol. The first-order valence-corrected chi connectivity index (χ1v) is 12.1. The molecule has 1 rings (SSSR count). The van der Waals surface area contributed by atoms with Crippen molar-refractivity contribution in [3.05, 3.63) is 0 Å². The fourth-order valence-corrected chi connectivity index (χ4v) is 3.90. The fraction of sp³-hybridized carbons (Fsp3) is 0.750. The highest BCUT2D eigenvalue weighted by atomic mass is 16.6. The number of ether oxygens (including phenoxy) is 5. The van der Waals surface area contributed by atoms with Crippen LogP contribution in [0.4, 0.5) is 4.79 Å². The maximum absolute atomic E-state index is 12.1. The Bertz CT molecular complexity index is 884. The molecule has 1 heterocycles. The number of esters is 3. The minimum absolute atomic E-state index is 0.0263. The fourth-order valence-electron chi connectivity index (χ4n) is 3.90. The van der Waals surface area contributed by atoms with Crippen LogP contribution >= 0.6 is 0 Å². The zero-order chi connectivity index (χ0) is 29.2. The highest BCUT2D eigenvalue weighted by Gasteiger charge is 2.50. The number of hydrogen-bond acceptors (Lipinski definition) is 11. The molecule has 0 aromatic heterocycles. The summed E-state index contributed by atoms with van der Waals surface area (Å²) in [4.78, 5) is 70.9. The smallest absolute Gasteiger partial charge is 0.408 e. The van der Waals surface area contributed by atoms with Crippen molar-refractivity contribution in [2.45, 2.75) is 110 Å². The molecule has 0 unspecified atom stereocenters. The molecular weight excluding hydrogens is 508 g/mol. The van der Waals surface area contributed by atoms with E-state index in [-0.39, 0.29) is 25.9 Å². The maximum atomic E-state index is 12.1. The molecule has 38 heavy (non-hydrogen) atoms. The summed E-state index contributed by atoms with van der Waals surface area (Å²) in [5, 5.41) is 14.5. The molecule has 1 saturated heterocycles. The Morgan fingerprint density at radius 1 is 0.895 bits per heavy atom. The van der Waals surface area contributed by atoms with Crippen LogP contribution in [0.3, 0.4) is 0 Å².